The van der Waals surface area contributed by atoms with Crippen molar-refractivity contribution in [1.82, 2.24) is 14.4 Å². The lowest BCUT2D eigenvalue weighted by Gasteiger charge is -2.12. The molecule has 1 saturated carbocycles. The highest BCUT2D eigenvalue weighted by Crippen LogP contribution is 2.46. The van der Waals surface area contributed by atoms with Crippen LogP contribution in [0.5, 0.6) is 0 Å². The molecular weight excluding hydrogens is 451 g/mol. The molecule has 168 valence electrons. The smallest absolute Gasteiger partial charge is 0.420 e. The van der Waals surface area contributed by atoms with E-state index in [1.54, 1.807) is 18.5 Å². The number of hydrogen-bond acceptors (Lipinski definition) is 5. The van der Waals surface area contributed by atoms with Crippen LogP contribution in [-0.2, 0) is 6.18 Å². The van der Waals surface area contributed by atoms with Crippen molar-refractivity contribution in [2.75, 3.05) is 0 Å². The Balaban J connectivity index is 1.46. The molecule has 4 aromatic rings. The summed E-state index contributed by atoms with van der Waals surface area (Å²) < 4.78 is 48.7. The van der Waals surface area contributed by atoms with E-state index in [2.05, 4.69) is 9.97 Å². The SMILES string of the molecule is O=C(c1nc2c(C(F)(F)F)cc(-c3ccoc3)cn2c1C1CC1)C1CC=C(c2nccs2)C1. The number of aromatic nitrogens is 3. The van der Waals surface area contributed by atoms with E-state index in [1.807, 2.05) is 11.5 Å². The van der Waals surface area contributed by atoms with Crippen molar-refractivity contribution in [2.45, 2.75) is 37.8 Å². The molecule has 2 aliphatic rings. The topological polar surface area (TPSA) is 60.4 Å². The zero-order chi connectivity index (χ0) is 22.7. The Hall–Kier alpha value is -3.20. The number of thiazole rings is 1. The molecular formula is C24H18F3N3O2S. The number of ketones is 1. The predicted molar refractivity (Wildman–Crippen MR) is 117 cm³/mol. The molecule has 0 aliphatic heterocycles. The van der Waals surface area contributed by atoms with Crippen molar-refractivity contribution >= 4 is 28.3 Å². The Morgan fingerprint density at radius 1 is 1.24 bits per heavy atom. The van der Waals surface area contributed by atoms with Crippen LogP contribution in [0.1, 0.15) is 58.4 Å². The number of halogens is 3. The zero-order valence-corrected chi connectivity index (χ0v) is 18.1. The standard InChI is InChI=1S/C24H18F3N3O2S/c25-24(26,27)18-10-17(16-5-7-32-12-16)11-30-20(13-1-2-13)19(29-22(18)30)21(31)14-3-4-15(9-14)23-28-6-8-33-23/h4-8,10-14H,1-3,9H2. The summed E-state index contributed by atoms with van der Waals surface area (Å²) in [6.45, 7) is 0. The van der Waals surface area contributed by atoms with Gasteiger partial charge >= 0.3 is 6.18 Å². The number of nitrogens with zero attached hydrogens (tertiary/aromatic N) is 3. The number of carbonyl (C=O) groups is 1. The van der Waals surface area contributed by atoms with Gasteiger partial charge in [0.15, 0.2) is 5.78 Å². The zero-order valence-electron chi connectivity index (χ0n) is 17.3. The van der Waals surface area contributed by atoms with Crippen molar-refractivity contribution in [3.05, 3.63) is 70.5 Å². The third-order valence-electron chi connectivity index (χ3n) is 6.31. The van der Waals surface area contributed by atoms with Crippen LogP contribution in [-0.4, -0.2) is 20.2 Å². The molecule has 0 bridgehead atoms. The van der Waals surface area contributed by atoms with Gasteiger partial charge in [-0.05, 0) is 43.4 Å². The average molecular weight is 469 g/mol. The minimum Gasteiger partial charge on any atom is -0.472 e. The third kappa shape index (κ3) is 3.51. The first-order valence-corrected chi connectivity index (χ1v) is 11.6. The maximum Gasteiger partial charge on any atom is 0.420 e. The first-order chi connectivity index (χ1) is 15.9. The van der Waals surface area contributed by atoms with Crippen LogP contribution in [0.25, 0.3) is 22.3 Å². The number of pyridine rings is 1. The highest BCUT2D eigenvalue weighted by atomic mass is 32.1. The van der Waals surface area contributed by atoms with Crippen molar-refractivity contribution in [1.29, 1.82) is 0 Å². The number of alkyl halides is 3. The highest BCUT2D eigenvalue weighted by molar-refractivity contribution is 7.10. The molecule has 0 N–H and O–H groups in total. The van der Waals surface area contributed by atoms with Gasteiger partial charge in [-0.3, -0.25) is 4.79 Å². The second-order valence-corrected chi connectivity index (χ2v) is 9.43. The van der Waals surface area contributed by atoms with Crippen LogP contribution < -0.4 is 0 Å². The number of fused-ring (bicyclic) bond motifs is 1. The molecule has 1 atom stereocenters. The monoisotopic (exact) mass is 469 g/mol. The van der Waals surface area contributed by atoms with Crippen molar-refractivity contribution in [2.24, 2.45) is 5.92 Å². The molecule has 4 aromatic heterocycles. The number of allylic oxidation sites excluding steroid dienone is 2. The average Bonchev–Trinajstić information content (AvgIpc) is 3.31. The Labute approximate surface area is 190 Å². The summed E-state index contributed by atoms with van der Waals surface area (Å²) in [4.78, 5) is 22.2. The van der Waals surface area contributed by atoms with Crippen molar-refractivity contribution in [3.8, 4) is 11.1 Å². The van der Waals surface area contributed by atoms with Crippen molar-refractivity contribution < 1.29 is 22.4 Å². The number of Topliss-reactive ketones (excluding diaryl/α,β-unsaturated/α-hetero) is 1. The van der Waals surface area contributed by atoms with E-state index in [1.165, 1.54) is 28.3 Å². The van der Waals surface area contributed by atoms with Gasteiger partial charge in [0, 0.05) is 40.7 Å². The summed E-state index contributed by atoms with van der Waals surface area (Å²) in [6, 6.07) is 2.70. The number of carbonyl (C=O) groups excluding carboxylic acids is 1. The quantitative estimate of drug-likeness (QED) is 0.308. The van der Waals surface area contributed by atoms with Gasteiger partial charge in [-0.1, -0.05) is 6.08 Å². The fourth-order valence-corrected chi connectivity index (χ4v) is 5.24. The predicted octanol–water partition coefficient (Wildman–Crippen LogP) is 6.62. The van der Waals surface area contributed by atoms with Crippen LogP contribution in [0.4, 0.5) is 13.2 Å². The lowest BCUT2D eigenvalue weighted by Crippen LogP contribution is -2.14. The van der Waals surface area contributed by atoms with Gasteiger partial charge in [0.05, 0.1) is 23.8 Å². The maximum absolute atomic E-state index is 14.0. The molecule has 6 rings (SSSR count). The van der Waals surface area contributed by atoms with Gasteiger partial charge < -0.3 is 8.82 Å². The molecule has 0 radical (unpaired) electrons. The van der Waals surface area contributed by atoms with Crippen LogP contribution in [0.3, 0.4) is 0 Å². The van der Waals surface area contributed by atoms with Crippen molar-refractivity contribution in [3.63, 3.8) is 0 Å². The van der Waals surface area contributed by atoms with E-state index in [4.69, 9.17) is 4.42 Å². The minimum absolute atomic E-state index is 0.0347. The second-order valence-electron chi connectivity index (χ2n) is 8.53. The highest BCUT2D eigenvalue weighted by Gasteiger charge is 2.40. The summed E-state index contributed by atoms with van der Waals surface area (Å²) in [5, 5.41) is 2.77. The van der Waals surface area contributed by atoms with Gasteiger partial charge in [-0.2, -0.15) is 13.2 Å². The summed E-state index contributed by atoms with van der Waals surface area (Å²) in [5.74, 6) is -0.497. The maximum atomic E-state index is 14.0. The molecule has 0 amide bonds. The number of rotatable bonds is 5. The second kappa shape index (κ2) is 7.41. The molecule has 9 heteroatoms. The molecule has 1 fully saturated rings. The van der Waals surface area contributed by atoms with Crippen LogP contribution >= 0.6 is 11.3 Å². The van der Waals surface area contributed by atoms with E-state index in [0.29, 0.717) is 29.7 Å². The number of imidazole rings is 1. The number of hydrogen-bond donors (Lipinski definition) is 0. The molecule has 1 unspecified atom stereocenters. The normalized spacial score (nSPS) is 18.8. The van der Waals surface area contributed by atoms with E-state index >= 15 is 0 Å². The van der Waals surface area contributed by atoms with Crippen LogP contribution in [0, 0.1) is 5.92 Å². The third-order valence-corrected chi connectivity index (χ3v) is 7.16. The van der Waals surface area contributed by atoms with Gasteiger partial charge in [0.25, 0.3) is 0 Å². The minimum atomic E-state index is -4.61. The largest absolute Gasteiger partial charge is 0.472 e. The van der Waals surface area contributed by atoms with Gasteiger partial charge in [0.1, 0.15) is 16.3 Å². The van der Waals surface area contributed by atoms with E-state index in [9.17, 15) is 18.0 Å². The molecule has 33 heavy (non-hydrogen) atoms. The summed E-state index contributed by atoms with van der Waals surface area (Å²) >= 11 is 1.51. The van der Waals surface area contributed by atoms with Gasteiger partial charge in [0.2, 0.25) is 0 Å². The molecule has 0 saturated heterocycles. The fraction of sp³-hybridized carbons (Fsp3) is 0.292. The van der Waals surface area contributed by atoms with Gasteiger partial charge in [-0.15, -0.1) is 11.3 Å². The Kier molecular flexibility index (Phi) is 4.58. The Morgan fingerprint density at radius 3 is 2.76 bits per heavy atom. The van der Waals surface area contributed by atoms with E-state index < -0.39 is 11.7 Å². The summed E-state index contributed by atoms with van der Waals surface area (Å²) in [6.07, 6.45) is 6.31. The lowest BCUT2D eigenvalue weighted by atomic mass is 9.96. The summed E-state index contributed by atoms with van der Waals surface area (Å²) in [7, 11) is 0. The Morgan fingerprint density at radius 2 is 2.09 bits per heavy atom. The van der Waals surface area contributed by atoms with E-state index in [-0.39, 0.29) is 29.0 Å². The summed E-state index contributed by atoms with van der Waals surface area (Å²) in [5.41, 5.74) is 1.62. The molecule has 0 aromatic carbocycles. The van der Waals surface area contributed by atoms with E-state index in [0.717, 1.165) is 29.5 Å². The first-order valence-electron chi connectivity index (χ1n) is 10.7. The first kappa shape index (κ1) is 20.4. The lowest BCUT2D eigenvalue weighted by molar-refractivity contribution is -0.136. The van der Waals surface area contributed by atoms with Crippen LogP contribution in [0.2, 0.25) is 0 Å². The molecule has 2 aliphatic carbocycles. The Bertz CT molecular complexity index is 1380. The molecule has 4 heterocycles. The van der Waals surface area contributed by atoms with Gasteiger partial charge in [-0.25, -0.2) is 9.97 Å². The molecule has 0 spiro atoms. The van der Waals surface area contributed by atoms with Crippen LogP contribution in [0.15, 0.2) is 52.9 Å². The molecule has 5 nitrogen and oxygen atoms in total. The number of furan rings is 1. The fourth-order valence-electron chi connectivity index (χ4n) is 4.55.